The maximum atomic E-state index is 11.1. The second kappa shape index (κ2) is 5.89. The van der Waals surface area contributed by atoms with Gasteiger partial charge in [0.15, 0.2) is 0 Å². The van der Waals surface area contributed by atoms with Crippen LogP contribution < -0.4 is 5.63 Å². The Bertz CT molecular complexity index is 531. The first-order valence-electron chi connectivity index (χ1n) is 5.35. The van der Waals surface area contributed by atoms with Crippen LogP contribution in [0.25, 0.3) is 5.57 Å². The molecule has 0 saturated carbocycles. The number of allylic oxidation sites excluding steroid dienone is 6. The lowest BCUT2D eigenvalue weighted by Crippen LogP contribution is -1.97. The summed E-state index contributed by atoms with van der Waals surface area (Å²) in [5, 5.41) is 9.28. The molecule has 0 radical (unpaired) electrons. The lowest BCUT2D eigenvalue weighted by atomic mass is 10.2. The lowest BCUT2D eigenvalue weighted by Gasteiger charge is -1.98. The van der Waals surface area contributed by atoms with Crippen LogP contribution in [0, 0.1) is 0 Å². The van der Waals surface area contributed by atoms with Gasteiger partial charge in [-0.15, -0.1) is 0 Å². The van der Waals surface area contributed by atoms with E-state index >= 15 is 0 Å². The van der Waals surface area contributed by atoms with Gasteiger partial charge in [0.25, 0.3) is 0 Å². The Labute approximate surface area is 100 Å². The van der Waals surface area contributed by atoms with E-state index in [1.165, 1.54) is 6.07 Å². The summed E-state index contributed by atoms with van der Waals surface area (Å²) in [4.78, 5) is 11.1. The number of hydrogen-bond donors (Lipinski definition) is 1. The Morgan fingerprint density at radius 3 is 2.65 bits per heavy atom. The third kappa shape index (κ3) is 4.15. The summed E-state index contributed by atoms with van der Waals surface area (Å²) in [6, 6.07) is 2.46. The number of hydrogen-bond acceptors (Lipinski definition) is 3. The van der Waals surface area contributed by atoms with Crippen LogP contribution in [0.3, 0.4) is 0 Å². The summed E-state index contributed by atoms with van der Waals surface area (Å²) in [6.07, 6.45) is 7.64. The van der Waals surface area contributed by atoms with Gasteiger partial charge in [-0.3, -0.25) is 0 Å². The van der Waals surface area contributed by atoms with Gasteiger partial charge in [0.1, 0.15) is 11.5 Å². The molecule has 0 unspecified atom stereocenters. The van der Waals surface area contributed by atoms with E-state index in [0.717, 1.165) is 17.2 Å². The Balaban J connectivity index is 2.96. The standard InChI is InChI=1S/C14H16O3/c1-4-10(2)6-5-7-11(3)13-8-12(15)9-14(16)17-13/h4-9,15H,1-3H3/b6-5+,10-4+,11-7+. The molecule has 1 aromatic rings. The van der Waals surface area contributed by atoms with Crippen molar-refractivity contribution in [1.29, 1.82) is 0 Å². The SMILES string of the molecule is C/C=C(C)/C=C/C=C(\C)c1cc(O)cc(=O)o1. The van der Waals surface area contributed by atoms with Gasteiger partial charge in [0.05, 0.1) is 6.07 Å². The van der Waals surface area contributed by atoms with Crippen LogP contribution in [0.15, 0.2) is 51.2 Å². The fourth-order valence-corrected chi connectivity index (χ4v) is 1.18. The fraction of sp³-hybridized carbons (Fsp3) is 0.214. The fourth-order valence-electron chi connectivity index (χ4n) is 1.18. The summed E-state index contributed by atoms with van der Waals surface area (Å²) >= 11 is 0. The van der Waals surface area contributed by atoms with Crippen molar-refractivity contribution in [2.45, 2.75) is 20.8 Å². The second-order valence-corrected chi connectivity index (χ2v) is 3.74. The Morgan fingerprint density at radius 2 is 2.06 bits per heavy atom. The summed E-state index contributed by atoms with van der Waals surface area (Å²) in [6.45, 7) is 5.77. The predicted molar refractivity (Wildman–Crippen MR) is 68.9 cm³/mol. The molecule has 0 amide bonds. The normalized spacial score (nSPS) is 13.4. The van der Waals surface area contributed by atoms with E-state index in [9.17, 15) is 9.90 Å². The minimum Gasteiger partial charge on any atom is -0.508 e. The van der Waals surface area contributed by atoms with E-state index in [0.29, 0.717) is 5.76 Å². The molecule has 17 heavy (non-hydrogen) atoms. The Kier molecular flexibility index (Phi) is 4.52. The molecule has 0 aliphatic heterocycles. The van der Waals surface area contributed by atoms with Gasteiger partial charge in [0, 0.05) is 6.07 Å². The van der Waals surface area contributed by atoms with Crippen LogP contribution >= 0.6 is 0 Å². The van der Waals surface area contributed by atoms with Crippen molar-refractivity contribution in [3.8, 4) is 5.75 Å². The summed E-state index contributed by atoms with van der Waals surface area (Å²) in [7, 11) is 0. The van der Waals surface area contributed by atoms with Gasteiger partial charge < -0.3 is 9.52 Å². The third-order valence-corrected chi connectivity index (χ3v) is 2.30. The maximum Gasteiger partial charge on any atom is 0.339 e. The third-order valence-electron chi connectivity index (χ3n) is 2.30. The van der Waals surface area contributed by atoms with Crippen LogP contribution in [0.1, 0.15) is 26.5 Å². The van der Waals surface area contributed by atoms with Gasteiger partial charge in [-0.1, -0.05) is 29.9 Å². The van der Waals surface area contributed by atoms with Crippen molar-refractivity contribution in [1.82, 2.24) is 0 Å². The molecular formula is C14H16O3. The summed E-state index contributed by atoms with van der Waals surface area (Å²) in [5.74, 6) is 0.287. The van der Waals surface area contributed by atoms with Crippen LogP contribution in [-0.4, -0.2) is 5.11 Å². The zero-order valence-electron chi connectivity index (χ0n) is 10.2. The molecule has 0 saturated heterocycles. The van der Waals surface area contributed by atoms with Crippen molar-refractivity contribution >= 4 is 5.57 Å². The van der Waals surface area contributed by atoms with E-state index in [1.54, 1.807) is 0 Å². The summed E-state index contributed by atoms with van der Waals surface area (Å²) in [5.41, 5.74) is 1.37. The highest BCUT2D eigenvalue weighted by molar-refractivity contribution is 5.61. The molecule has 1 N–H and O–H groups in total. The van der Waals surface area contributed by atoms with Crippen molar-refractivity contribution in [2.75, 3.05) is 0 Å². The first kappa shape index (κ1) is 13.0. The average molecular weight is 232 g/mol. The van der Waals surface area contributed by atoms with E-state index in [-0.39, 0.29) is 5.75 Å². The minimum absolute atomic E-state index is 0.0855. The molecule has 3 heteroatoms. The molecule has 1 aromatic heterocycles. The largest absolute Gasteiger partial charge is 0.508 e. The average Bonchev–Trinajstić information content (AvgIpc) is 2.27. The first-order chi connectivity index (χ1) is 8.02. The van der Waals surface area contributed by atoms with Crippen molar-refractivity contribution in [2.24, 2.45) is 0 Å². The van der Waals surface area contributed by atoms with Crippen LogP contribution in [0.5, 0.6) is 5.75 Å². The quantitative estimate of drug-likeness (QED) is 0.814. The zero-order valence-corrected chi connectivity index (χ0v) is 10.2. The number of aromatic hydroxyl groups is 1. The van der Waals surface area contributed by atoms with Gasteiger partial charge in [-0.05, 0) is 26.3 Å². The molecule has 0 aliphatic carbocycles. The molecule has 0 aliphatic rings. The monoisotopic (exact) mass is 232 g/mol. The van der Waals surface area contributed by atoms with Gasteiger partial charge in [0.2, 0.25) is 0 Å². The predicted octanol–water partition coefficient (Wildman–Crippen LogP) is 3.27. The van der Waals surface area contributed by atoms with Crippen molar-refractivity contribution in [3.63, 3.8) is 0 Å². The van der Waals surface area contributed by atoms with E-state index < -0.39 is 5.63 Å². The van der Waals surface area contributed by atoms with Crippen molar-refractivity contribution in [3.05, 3.63) is 58.2 Å². The number of rotatable bonds is 3. The molecule has 0 aromatic carbocycles. The van der Waals surface area contributed by atoms with Crippen molar-refractivity contribution < 1.29 is 9.52 Å². The lowest BCUT2D eigenvalue weighted by molar-refractivity contribution is 0.442. The van der Waals surface area contributed by atoms with Gasteiger partial charge in [-0.2, -0.15) is 0 Å². The maximum absolute atomic E-state index is 11.1. The molecule has 0 fully saturated rings. The molecule has 1 rings (SSSR count). The zero-order chi connectivity index (χ0) is 12.8. The van der Waals surface area contributed by atoms with E-state index in [4.69, 9.17) is 4.42 Å². The molecule has 0 bridgehead atoms. The van der Waals surface area contributed by atoms with E-state index in [2.05, 4.69) is 0 Å². The second-order valence-electron chi connectivity index (χ2n) is 3.74. The molecule has 90 valence electrons. The molecule has 1 heterocycles. The van der Waals surface area contributed by atoms with Gasteiger partial charge in [-0.25, -0.2) is 4.79 Å². The highest BCUT2D eigenvalue weighted by Gasteiger charge is 2.01. The highest BCUT2D eigenvalue weighted by Crippen LogP contribution is 2.16. The Morgan fingerprint density at radius 1 is 1.35 bits per heavy atom. The molecule has 3 nitrogen and oxygen atoms in total. The topological polar surface area (TPSA) is 50.4 Å². The molecule has 0 spiro atoms. The van der Waals surface area contributed by atoms with Crippen LogP contribution in [0.2, 0.25) is 0 Å². The van der Waals surface area contributed by atoms with Crippen LogP contribution in [0.4, 0.5) is 0 Å². The van der Waals surface area contributed by atoms with Gasteiger partial charge >= 0.3 is 5.63 Å². The minimum atomic E-state index is -0.554. The smallest absolute Gasteiger partial charge is 0.339 e. The van der Waals surface area contributed by atoms with E-state index in [1.807, 2.05) is 45.1 Å². The molecular weight excluding hydrogens is 216 g/mol. The molecule has 0 atom stereocenters. The first-order valence-corrected chi connectivity index (χ1v) is 5.35. The summed E-state index contributed by atoms with van der Waals surface area (Å²) < 4.78 is 4.97. The Hall–Kier alpha value is -2.03. The van der Waals surface area contributed by atoms with Crippen LogP contribution in [-0.2, 0) is 0 Å². The highest BCUT2D eigenvalue weighted by atomic mass is 16.4.